The summed E-state index contributed by atoms with van der Waals surface area (Å²) in [7, 11) is 0. The van der Waals surface area contributed by atoms with Crippen molar-refractivity contribution in [2.45, 2.75) is 12.8 Å². The van der Waals surface area contributed by atoms with E-state index in [2.05, 4.69) is 4.98 Å². The summed E-state index contributed by atoms with van der Waals surface area (Å²) in [6.07, 6.45) is -3.38. The number of halogens is 3. The Balaban J connectivity index is 1.82. The highest BCUT2D eigenvalue weighted by molar-refractivity contribution is 5.71. The van der Waals surface area contributed by atoms with Crippen LogP contribution in [0.2, 0.25) is 0 Å². The molecular weight excluding hydrogens is 341 g/mol. The molecule has 0 unspecified atom stereocenters. The van der Waals surface area contributed by atoms with E-state index < -0.39 is 11.9 Å². The van der Waals surface area contributed by atoms with Crippen LogP contribution in [0.3, 0.4) is 0 Å². The highest BCUT2D eigenvalue weighted by atomic mass is 19.4. The van der Waals surface area contributed by atoms with E-state index in [9.17, 15) is 18.4 Å². The van der Waals surface area contributed by atoms with E-state index in [0.717, 1.165) is 17.8 Å². The van der Waals surface area contributed by atoms with E-state index in [-0.39, 0.29) is 0 Å². The first-order valence-corrected chi connectivity index (χ1v) is 7.72. The van der Waals surface area contributed by atoms with Gasteiger partial charge in [0.05, 0.1) is 11.6 Å². The second-order valence-corrected chi connectivity index (χ2v) is 5.52. The molecule has 3 rings (SSSR count). The summed E-state index contributed by atoms with van der Waals surface area (Å²) in [6, 6.07) is 18.7. The number of ether oxygens (including phenoxy) is 1. The monoisotopic (exact) mass is 354 g/mol. The molecule has 3 aromatic rings. The van der Waals surface area contributed by atoms with Gasteiger partial charge in [0.25, 0.3) is 0 Å². The number of hydrogen-bond donors (Lipinski definition) is 0. The number of rotatable bonds is 4. The SMILES string of the molecule is N#Cc1cc(OCc2ccccc2)ccc1-c1ccc(C(F)(F)F)nc1. The Bertz CT molecular complexity index is 930. The Hall–Kier alpha value is -3.33. The maximum absolute atomic E-state index is 12.6. The van der Waals surface area contributed by atoms with E-state index in [1.54, 1.807) is 18.2 Å². The van der Waals surface area contributed by atoms with Crippen molar-refractivity contribution in [3.63, 3.8) is 0 Å². The maximum atomic E-state index is 12.6. The molecule has 6 heteroatoms. The molecule has 0 saturated heterocycles. The Morgan fingerprint density at radius 1 is 1.00 bits per heavy atom. The van der Waals surface area contributed by atoms with Crippen LogP contribution >= 0.6 is 0 Å². The molecule has 0 radical (unpaired) electrons. The predicted octanol–water partition coefficient (Wildman–Crippen LogP) is 5.22. The van der Waals surface area contributed by atoms with Gasteiger partial charge in [0.2, 0.25) is 0 Å². The van der Waals surface area contributed by atoms with Crippen molar-refractivity contribution in [2.75, 3.05) is 0 Å². The lowest BCUT2D eigenvalue weighted by Crippen LogP contribution is -2.07. The van der Waals surface area contributed by atoms with Crippen molar-refractivity contribution in [1.82, 2.24) is 4.98 Å². The van der Waals surface area contributed by atoms with Gasteiger partial charge in [-0.1, -0.05) is 36.4 Å². The molecule has 26 heavy (non-hydrogen) atoms. The zero-order valence-corrected chi connectivity index (χ0v) is 13.5. The largest absolute Gasteiger partial charge is 0.489 e. The number of alkyl halides is 3. The Labute approximate surface area is 148 Å². The van der Waals surface area contributed by atoms with Crippen LogP contribution in [0.5, 0.6) is 5.75 Å². The molecule has 1 heterocycles. The van der Waals surface area contributed by atoms with Gasteiger partial charge < -0.3 is 4.74 Å². The molecule has 0 amide bonds. The number of nitrogens with zero attached hydrogens (tertiary/aromatic N) is 2. The van der Waals surface area contributed by atoms with Gasteiger partial charge in [-0.2, -0.15) is 18.4 Å². The highest BCUT2D eigenvalue weighted by Crippen LogP contribution is 2.31. The molecule has 0 atom stereocenters. The van der Waals surface area contributed by atoms with E-state index in [1.165, 1.54) is 6.07 Å². The quantitative estimate of drug-likeness (QED) is 0.645. The third-order valence-corrected chi connectivity index (χ3v) is 3.72. The van der Waals surface area contributed by atoms with E-state index in [4.69, 9.17) is 4.74 Å². The molecule has 0 fully saturated rings. The molecule has 0 aliphatic heterocycles. The van der Waals surface area contributed by atoms with Gasteiger partial charge in [0.1, 0.15) is 18.1 Å². The average Bonchev–Trinajstić information content (AvgIpc) is 2.66. The summed E-state index contributed by atoms with van der Waals surface area (Å²) in [6.45, 7) is 0.354. The van der Waals surface area contributed by atoms with Crippen LogP contribution in [0.25, 0.3) is 11.1 Å². The summed E-state index contributed by atoms with van der Waals surface area (Å²) < 4.78 is 43.5. The van der Waals surface area contributed by atoms with Gasteiger partial charge in [0, 0.05) is 17.3 Å². The number of pyridine rings is 1. The van der Waals surface area contributed by atoms with Crippen molar-refractivity contribution < 1.29 is 17.9 Å². The molecule has 0 saturated carbocycles. The number of aromatic nitrogens is 1. The molecular formula is C20H13F3N2O. The fourth-order valence-corrected chi connectivity index (χ4v) is 2.42. The normalized spacial score (nSPS) is 11.0. The minimum absolute atomic E-state index is 0.303. The van der Waals surface area contributed by atoms with Crippen LogP contribution in [0, 0.1) is 11.3 Å². The molecule has 0 bridgehead atoms. The third kappa shape index (κ3) is 4.01. The maximum Gasteiger partial charge on any atom is 0.433 e. The lowest BCUT2D eigenvalue weighted by atomic mass is 10.0. The molecule has 0 spiro atoms. The number of benzene rings is 2. The summed E-state index contributed by atoms with van der Waals surface area (Å²) in [5.41, 5.74) is 1.26. The van der Waals surface area contributed by atoms with Crippen LogP contribution in [0.15, 0.2) is 66.9 Å². The lowest BCUT2D eigenvalue weighted by molar-refractivity contribution is -0.141. The first-order chi connectivity index (χ1) is 12.5. The van der Waals surface area contributed by atoms with Crippen LogP contribution in [-0.2, 0) is 12.8 Å². The lowest BCUT2D eigenvalue weighted by Gasteiger charge is -2.10. The first-order valence-electron chi connectivity index (χ1n) is 7.72. The van der Waals surface area contributed by atoms with Crippen molar-refractivity contribution in [3.8, 4) is 22.9 Å². The van der Waals surface area contributed by atoms with Crippen molar-refractivity contribution in [3.05, 3.63) is 83.7 Å². The van der Waals surface area contributed by atoms with Gasteiger partial charge in [-0.25, -0.2) is 0 Å². The minimum atomic E-state index is -4.49. The van der Waals surface area contributed by atoms with Crippen molar-refractivity contribution >= 4 is 0 Å². The molecule has 0 aliphatic carbocycles. The zero-order valence-electron chi connectivity index (χ0n) is 13.5. The van der Waals surface area contributed by atoms with Crippen molar-refractivity contribution in [1.29, 1.82) is 5.26 Å². The first kappa shape index (κ1) is 17.5. The summed E-state index contributed by atoms with van der Waals surface area (Å²) in [5.74, 6) is 0.508. The van der Waals surface area contributed by atoms with E-state index in [0.29, 0.717) is 29.0 Å². The number of nitriles is 1. The summed E-state index contributed by atoms with van der Waals surface area (Å²) in [5, 5.41) is 9.37. The van der Waals surface area contributed by atoms with Gasteiger partial charge in [0.15, 0.2) is 0 Å². The second kappa shape index (κ2) is 7.28. The second-order valence-electron chi connectivity index (χ2n) is 5.52. The van der Waals surface area contributed by atoms with Crippen molar-refractivity contribution in [2.24, 2.45) is 0 Å². The fourth-order valence-electron chi connectivity index (χ4n) is 2.42. The molecule has 130 valence electrons. The molecule has 0 aliphatic rings. The topological polar surface area (TPSA) is 45.9 Å². The minimum Gasteiger partial charge on any atom is -0.489 e. The van der Waals surface area contributed by atoms with E-state index >= 15 is 0 Å². The molecule has 0 N–H and O–H groups in total. The Morgan fingerprint density at radius 3 is 2.38 bits per heavy atom. The van der Waals surface area contributed by atoms with Crippen LogP contribution in [0.4, 0.5) is 13.2 Å². The van der Waals surface area contributed by atoms with E-state index in [1.807, 2.05) is 36.4 Å². The highest BCUT2D eigenvalue weighted by Gasteiger charge is 2.32. The van der Waals surface area contributed by atoms with Crippen LogP contribution in [0.1, 0.15) is 16.8 Å². The standard InChI is InChI=1S/C20H13F3N2O/c21-20(22,23)19-9-6-15(12-25-19)18-8-7-17(10-16(18)11-24)26-13-14-4-2-1-3-5-14/h1-10,12H,13H2. The third-order valence-electron chi connectivity index (χ3n) is 3.72. The number of hydrogen-bond acceptors (Lipinski definition) is 3. The summed E-state index contributed by atoms with van der Waals surface area (Å²) >= 11 is 0. The van der Waals surface area contributed by atoms with Crippen LogP contribution in [-0.4, -0.2) is 4.98 Å². The zero-order chi connectivity index (χ0) is 18.6. The molecule has 3 nitrogen and oxygen atoms in total. The summed E-state index contributed by atoms with van der Waals surface area (Å²) in [4.78, 5) is 3.43. The Morgan fingerprint density at radius 2 is 1.77 bits per heavy atom. The van der Waals surface area contributed by atoms with Gasteiger partial charge in [-0.15, -0.1) is 0 Å². The average molecular weight is 354 g/mol. The van der Waals surface area contributed by atoms with Gasteiger partial charge in [-0.05, 0) is 29.8 Å². The Kier molecular flexibility index (Phi) is 4.90. The van der Waals surface area contributed by atoms with Gasteiger partial charge in [-0.3, -0.25) is 4.98 Å². The predicted molar refractivity (Wildman–Crippen MR) is 90.2 cm³/mol. The van der Waals surface area contributed by atoms with Crippen LogP contribution < -0.4 is 4.74 Å². The van der Waals surface area contributed by atoms with Gasteiger partial charge >= 0.3 is 6.18 Å². The smallest absolute Gasteiger partial charge is 0.433 e. The fraction of sp³-hybridized carbons (Fsp3) is 0.100. The molecule has 1 aromatic heterocycles. The molecule has 2 aromatic carbocycles.